The third-order valence-electron chi connectivity index (χ3n) is 3.20. The Bertz CT molecular complexity index is 783. The number of rotatable bonds is 5. The highest BCUT2D eigenvalue weighted by Gasteiger charge is 2.09. The normalized spacial score (nSPS) is 11.0. The van der Waals surface area contributed by atoms with Crippen molar-refractivity contribution < 1.29 is 4.42 Å². The van der Waals surface area contributed by atoms with Crippen molar-refractivity contribution in [3.05, 3.63) is 65.3 Å². The Morgan fingerprint density at radius 3 is 2.59 bits per heavy atom. The number of nitrogens with zero attached hydrogens (tertiary/aromatic N) is 4. The molecule has 0 amide bonds. The van der Waals surface area contributed by atoms with Crippen LogP contribution in [0.1, 0.15) is 5.56 Å². The third kappa shape index (κ3) is 3.47. The third-order valence-corrected chi connectivity index (χ3v) is 3.50. The molecule has 0 radical (unpaired) electrons. The van der Waals surface area contributed by atoms with Crippen LogP contribution in [0.25, 0.3) is 11.5 Å². The summed E-state index contributed by atoms with van der Waals surface area (Å²) in [5, 5.41) is 4.44. The number of benzene rings is 1. The second-order valence-corrected chi connectivity index (χ2v) is 5.40. The van der Waals surface area contributed by atoms with Crippen LogP contribution in [0.4, 0.5) is 0 Å². The molecule has 0 aliphatic carbocycles. The summed E-state index contributed by atoms with van der Waals surface area (Å²) in [7, 11) is 2.02. The Morgan fingerprint density at radius 1 is 1.14 bits per heavy atom. The smallest absolute Gasteiger partial charge is 0.288 e. The summed E-state index contributed by atoms with van der Waals surface area (Å²) < 4.78 is 7.25. The summed E-state index contributed by atoms with van der Waals surface area (Å²) in [6, 6.07) is 14.0. The molecule has 112 valence electrons. The molecule has 0 saturated heterocycles. The van der Waals surface area contributed by atoms with Crippen molar-refractivity contribution in [1.82, 2.24) is 19.7 Å². The van der Waals surface area contributed by atoms with Gasteiger partial charge in [-0.2, -0.15) is 0 Å². The van der Waals surface area contributed by atoms with Crippen LogP contribution in [0, 0.1) is 4.84 Å². The summed E-state index contributed by atoms with van der Waals surface area (Å²) >= 11 is 5.25. The van der Waals surface area contributed by atoms with Crippen LogP contribution in [0.15, 0.2) is 59.3 Å². The lowest BCUT2D eigenvalue weighted by atomic mass is 10.2. The first-order valence-electron chi connectivity index (χ1n) is 6.93. The summed E-state index contributed by atoms with van der Waals surface area (Å²) in [6.07, 6.45) is 3.41. The van der Waals surface area contributed by atoms with Crippen LogP contribution < -0.4 is 0 Å². The van der Waals surface area contributed by atoms with Crippen LogP contribution in [0.5, 0.6) is 0 Å². The van der Waals surface area contributed by atoms with Gasteiger partial charge in [0.1, 0.15) is 0 Å². The lowest BCUT2D eigenvalue weighted by Gasteiger charge is -2.15. The lowest BCUT2D eigenvalue weighted by Crippen LogP contribution is -2.22. The molecule has 5 nitrogen and oxygen atoms in total. The monoisotopic (exact) mass is 312 g/mol. The number of hydrogen-bond acceptors (Lipinski definition) is 5. The van der Waals surface area contributed by atoms with Gasteiger partial charge in [-0.1, -0.05) is 30.3 Å². The molecule has 0 N–H and O–H groups in total. The summed E-state index contributed by atoms with van der Waals surface area (Å²) in [6.45, 7) is 1.39. The summed E-state index contributed by atoms with van der Waals surface area (Å²) in [5.41, 5.74) is 2.11. The molecule has 22 heavy (non-hydrogen) atoms. The average Bonchev–Trinajstić information content (AvgIpc) is 2.90. The van der Waals surface area contributed by atoms with Crippen molar-refractivity contribution in [3.63, 3.8) is 0 Å². The summed E-state index contributed by atoms with van der Waals surface area (Å²) in [5.74, 6) is 0.514. The second-order valence-electron chi connectivity index (χ2n) is 5.05. The molecule has 3 aromatic rings. The first kappa shape index (κ1) is 14.6. The molecule has 0 aliphatic heterocycles. The van der Waals surface area contributed by atoms with Crippen molar-refractivity contribution >= 4 is 12.2 Å². The minimum atomic E-state index is 0.367. The van der Waals surface area contributed by atoms with E-state index in [1.807, 2.05) is 37.4 Å². The van der Waals surface area contributed by atoms with Crippen molar-refractivity contribution in [2.24, 2.45) is 0 Å². The van der Waals surface area contributed by atoms with Gasteiger partial charge < -0.3 is 4.42 Å². The zero-order valence-electron chi connectivity index (χ0n) is 12.2. The molecule has 1 aromatic carbocycles. The molecule has 0 bridgehead atoms. The van der Waals surface area contributed by atoms with Gasteiger partial charge in [-0.3, -0.25) is 9.88 Å². The lowest BCUT2D eigenvalue weighted by molar-refractivity contribution is 0.240. The molecule has 0 spiro atoms. The maximum atomic E-state index is 5.56. The van der Waals surface area contributed by atoms with E-state index in [1.54, 1.807) is 17.1 Å². The van der Waals surface area contributed by atoms with Crippen LogP contribution in [-0.4, -0.2) is 26.7 Å². The zero-order valence-corrected chi connectivity index (χ0v) is 13.0. The van der Waals surface area contributed by atoms with Crippen molar-refractivity contribution in [3.8, 4) is 11.5 Å². The van der Waals surface area contributed by atoms with Crippen molar-refractivity contribution in [2.75, 3.05) is 7.05 Å². The fourth-order valence-corrected chi connectivity index (χ4v) is 2.36. The second kappa shape index (κ2) is 6.64. The Morgan fingerprint density at radius 2 is 1.86 bits per heavy atom. The Labute approximate surface area is 133 Å². The minimum absolute atomic E-state index is 0.367. The maximum absolute atomic E-state index is 5.56. The fraction of sp³-hybridized carbons (Fsp3) is 0.188. The molecular weight excluding hydrogens is 296 g/mol. The topological polar surface area (TPSA) is 47.1 Å². The van der Waals surface area contributed by atoms with Gasteiger partial charge in [0.25, 0.3) is 4.84 Å². The molecule has 0 aliphatic rings. The molecule has 0 unspecified atom stereocenters. The largest absolute Gasteiger partial charge is 0.409 e. The van der Waals surface area contributed by atoms with E-state index in [2.05, 4.69) is 27.1 Å². The molecule has 0 atom stereocenters. The van der Waals surface area contributed by atoms with Gasteiger partial charge in [-0.25, -0.2) is 4.68 Å². The maximum Gasteiger partial charge on any atom is 0.288 e. The molecule has 0 saturated carbocycles. The Hall–Kier alpha value is -2.31. The number of aromatic nitrogens is 3. The first-order valence-corrected chi connectivity index (χ1v) is 7.34. The predicted octanol–water partition coefficient (Wildman–Crippen LogP) is 3.36. The summed E-state index contributed by atoms with van der Waals surface area (Å²) in [4.78, 5) is 6.48. The quantitative estimate of drug-likeness (QED) is 0.676. The zero-order chi connectivity index (χ0) is 15.4. The van der Waals surface area contributed by atoms with Gasteiger partial charge in [0.2, 0.25) is 5.89 Å². The SMILES string of the molecule is CN(Cc1ccccc1)Cn1nc(-c2ccncc2)oc1=S. The highest BCUT2D eigenvalue weighted by atomic mass is 32.1. The van der Waals surface area contributed by atoms with Crippen LogP contribution in [-0.2, 0) is 13.2 Å². The molecule has 2 heterocycles. The standard InChI is InChI=1S/C16H16N4OS/c1-19(11-13-5-3-2-4-6-13)12-20-16(22)21-15(18-20)14-7-9-17-10-8-14/h2-10H,11-12H2,1H3. The molecule has 0 fully saturated rings. The van der Waals surface area contributed by atoms with E-state index in [0.29, 0.717) is 17.4 Å². The van der Waals surface area contributed by atoms with E-state index in [1.165, 1.54) is 5.56 Å². The van der Waals surface area contributed by atoms with Gasteiger partial charge >= 0.3 is 0 Å². The van der Waals surface area contributed by atoms with E-state index in [4.69, 9.17) is 16.6 Å². The molecule has 2 aromatic heterocycles. The molecular formula is C16H16N4OS. The first-order chi connectivity index (χ1) is 10.7. The highest BCUT2D eigenvalue weighted by molar-refractivity contribution is 7.71. The van der Waals surface area contributed by atoms with Gasteiger partial charge in [-0.15, -0.1) is 5.10 Å². The van der Waals surface area contributed by atoms with E-state index in [0.717, 1.165) is 12.1 Å². The Kier molecular flexibility index (Phi) is 4.41. The molecule has 3 rings (SSSR count). The van der Waals surface area contributed by atoms with Crippen LogP contribution in [0.2, 0.25) is 0 Å². The van der Waals surface area contributed by atoms with E-state index < -0.39 is 0 Å². The van der Waals surface area contributed by atoms with E-state index in [9.17, 15) is 0 Å². The van der Waals surface area contributed by atoms with Gasteiger partial charge in [0, 0.05) is 24.5 Å². The average molecular weight is 312 g/mol. The molecule has 6 heteroatoms. The van der Waals surface area contributed by atoms with E-state index in [-0.39, 0.29) is 0 Å². The minimum Gasteiger partial charge on any atom is -0.409 e. The van der Waals surface area contributed by atoms with Crippen LogP contribution in [0.3, 0.4) is 0 Å². The van der Waals surface area contributed by atoms with Gasteiger partial charge in [0.05, 0.1) is 6.67 Å². The van der Waals surface area contributed by atoms with E-state index >= 15 is 0 Å². The van der Waals surface area contributed by atoms with Gasteiger partial charge in [-0.05, 0) is 37.0 Å². The van der Waals surface area contributed by atoms with Crippen molar-refractivity contribution in [1.29, 1.82) is 0 Å². The Balaban J connectivity index is 1.73. The fourth-order valence-electron chi connectivity index (χ4n) is 2.18. The number of pyridine rings is 1. The van der Waals surface area contributed by atoms with Gasteiger partial charge in [0.15, 0.2) is 0 Å². The number of hydrogen-bond donors (Lipinski definition) is 0. The van der Waals surface area contributed by atoms with Crippen molar-refractivity contribution in [2.45, 2.75) is 13.2 Å². The predicted molar refractivity (Wildman–Crippen MR) is 86.5 cm³/mol. The van der Waals surface area contributed by atoms with Crippen LogP contribution >= 0.6 is 12.2 Å². The highest BCUT2D eigenvalue weighted by Crippen LogP contribution is 2.16.